The van der Waals surface area contributed by atoms with Crippen LogP contribution >= 0.6 is 11.8 Å². The fourth-order valence-corrected chi connectivity index (χ4v) is 3.39. The highest BCUT2D eigenvalue weighted by Gasteiger charge is 2.17. The van der Waals surface area contributed by atoms with E-state index in [1.165, 1.54) is 51.1 Å². The van der Waals surface area contributed by atoms with Gasteiger partial charge in [0.15, 0.2) is 0 Å². The molecule has 2 saturated heterocycles. The zero-order valence-electron chi connectivity index (χ0n) is 8.22. The molecule has 2 unspecified atom stereocenters. The molecule has 2 aliphatic heterocycles. The van der Waals surface area contributed by atoms with Crippen LogP contribution in [0.25, 0.3) is 0 Å². The Morgan fingerprint density at radius 2 is 2.23 bits per heavy atom. The van der Waals surface area contributed by atoms with Gasteiger partial charge < -0.3 is 10.6 Å². The van der Waals surface area contributed by atoms with Gasteiger partial charge in [-0.25, -0.2) is 0 Å². The number of hydrogen-bond acceptors (Lipinski definition) is 3. The molecule has 2 heterocycles. The van der Waals surface area contributed by atoms with Gasteiger partial charge in [0.1, 0.15) is 0 Å². The molecule has 2 atom stereocenters. The Morgan fingerprint density at radius 1 is 1.23 bits per heavy atom. The van der Waals surface area contributed by atoms with Crippen molar-refractivity contribution < 1.29 is 0 Å². The molecule has 0 aromatic rings. The van der Waals surface area contributed by atoms with Gasteiger partial charge in [0.05, 0.1) is 0 Å². The average molecular weight is 200 g/mol. The first-order valence-electron chi connectivity index (χ1n) is 5.51. The number of rotatable bonds is 4. The topological polar surface area (TPSA) is 24.1 Å². The van der Waals surface area contributed by atoms with Crippen molar-refractivity contribution in [2.45, 2.75) is 37.0 Å². The Morgan fingerprint density at radius 3 is 2.92 bits per heavy atom. The Hall–Kier alpha value is 0.270. The first-order chi connectivity index (χ1) is 6.45. The maximum atomic E-state index is 3.59. The van der Waals surface area contributed by atoms with Gasteiger partial charge in [-0.15, -0.1) is 0 Å². The van der Waals surface area contributed by atoms with Crippen LogP contribution in [0.15, 0.2) is 0 Å². The monoisotopic (exact) mass is 200 g/mol. The van der Waals surface area contributed by atoms with Gasteiger partial charge in [-0.1, -0.05) is 0 Å². The summed E-state index contributed by atoms with van der Waals surface area (Å²) in [5.41, 5.74) is 0. The fourth-order valence-electron chi connectivity index (χ4n) is 2.15. The molecule has 13 heavy (non-hydrogen) atoms. The summed E-state index contributed by atoms with van der Waals surface area (Å²) >= 11 is 2.14. The lowest BCUT2D eigenvalue weighted by molar-refractivity contribution is 0.530. The number of thioether (sulfide) groups is 1. The van der Waals surface area contributed by atoms with Crippen molar-refractivity contribution in [2.75, 3.05) is 25.4 Å². The maximum absolute atomic E-state index is 3.59. The van der Waals surface area contributed by atoms with Crippen LogP contribution in [-0.2, 0) is 0 Å². The molecule has 76 valence electrons. The van der Waals surface area contributed by atoms with Crippen LogP contribution in [0, 0.1) is 0 Å². The smallest absolute Gasteiger partial charge is 0.0192 e. The Labute approximate surface area is 85.2 Å². The van der Waals surface area contributed by atoms with Crippen molar-refractivity contribution >= 4 is 11.8 Å². The second-order valence-corrected chi connectivity index (χ2v) is 5.49. The van der Waals surface area contributed by atoms with Gasteiger partial charge in [0.25, 0.3) is 0 Å². The van der Waals surface area contributed by atoms with Gasteiger partial charge in [-0.05, 0) is 38.0 Å². The van der Waals surface area contributed by atoms with Crippen LogP contribution in [0.1, 0.15) is 25.7 Å². The predicted molar refractivity (Wildman–Crippen MR) is 59.4 cm³/mol. The highest BCUT2D eigenvalue weighted by molar-refractivity contribution is 8.00. The van der Waals surface area contributed by atoms with Crippen molar-refractivity contribution in [2.24, 2.45) is 0 Å². The average Bonchev–Trinajstić information content (AvgIpc) is 2.75. The summed E-state index contributed by atoms with van der Waals surface area (Å²) in [6.45, 7) is 3.63. The lowest BCUT2D eigenvalue weighted by Crippen LogP contribution is -2.36. The minimum Gasteiger partial charge on any atom is -0.314 e. The molecule has 0 saturated carbocycles. The summed E-state index contributed by atoms with van der Waals surface area (Å²) in [6.07, 6.45) is 5.59. The molecule has 2 N–H and O–H groups in total. The Balaban J connectivity index is 1.52. The normalized spacial score (nSPS) is 34.2. The van der Waals surface area contributed by atoms with Crippen molar-refractivity contribution in [1.29, 1.82) is 0 Å². The molecule has 3 heteroatoms. The summed E-state index contributed by atoms with van der Waals surface area (Å²) in [5, 5.41) is 8.00. The highest BCUT2D eigenvalue weighted by atomic mass is 32.2. The molecule has 0 aromatic heterocycles. The maximum Gasteiger partial charge on any atom is 0.0192 e. The molecule has 0 bridgehead atoms. The first kappa shape index (κ1) is 9.81. The van der Waals surface area contributed by atoms with E-state index in [-0.39, 0.29) is 0 Å². The van der Waals surface area contributed by atoms with Crippen molar-refractivity contribution in [1.82, 2.24) is 10.6 Å². The van der Waals surface area contributed by atoms with Crippen molar-refractivity contribution in [3.8, 4) is 0 Å². The minimum absolute atomic E-state index is 0.756. The van der Waals surface area contributed by atoms with E-state index in [0.29, 0.717) is 0 Å². The first-order valence-corrected chi connectivity index (χ1v) is 6.56. The van der Waals surface area contributed by atoms with Gasteiger partial charge in [0, 0.05) is 24.4 Å². The van der Waals surface area contributed by atoms with E-state index in [9.17, 15) is 0 Å². The molecule has 2 nitrogen and oxygen atoms in total. The molecule has 0 radical (unpaired) electrons. The van der Waals surface area contributed by atoms with Gasteiger partial charge in [-0.3, -0.25) is 0 Å². The zero-order valence-corrected chi connectivity index (χ0v) is 9.04. The van der Waals surface area contributed by atoms with Gasteiger partial charge in [0.2, 0.25) is 0 Å². The predicted octanol–water partition coefficient (Wildman–Crippen LogP) is 1.22. The van der Waals surface area contributed by atoms with Crippen LogP contribution in [0.3, 0.4) is 0 Å². The molecule has 2 aliphatic rings. The quantitative estimate of drug-likeness (QED) is 0.713. The molecule has 0 aromatic carbocycles. The largest absolute Gasteiger partial charge is 0.314 e. The second-order valence-electron chi connectivity index (χ2n) is 4.09. The van der Waals surface area contributed by atoms with Crippen LogP contribution in [0.2, 0.25) is 0 Å². The third kappa shape index (κ3) is 3.15. The molecule has 2 fully saturated rings. The van der Waals surface area contributed by atoms with Gasteiger partial charge >= 0.3 is 0 Å². The molecular weight excluding hydrogens is 180 g/mol. The standard InChI is InChI=1S/C10H20N2S/c1-3-9(12-5-1)7-11-8-10-4-2-6-13-10/h9-12H,1-8H2. The third-order valence-corrected chi connectivity index (χ3v) is 4.35. The molecule has 2 rings (SSSR count). The number of hydrogen-bond donors (Lipinski definition) is 2. The van der Waals surface area contributed by atoms with Crippen LogP contribution in [0.4, 0.5) is 0 Å². The van der Waals surface area contributed by atoms with E-state index in [4.69, 9.17) is 0 Å². The number of nitrogens with one attached hydrogen (secondary N) is 2. The van der Waals surface area contributed by atoms with E-state index in [2.05, 4.69) is 22.4 Å². The van der Waals surface area contributed by atoms with E-state index in [1.807, 2.05) is 0 Å². The van der Waals surface area contributed by atoms with E-state index < -0.39 is 0 Å². The SMILES string of the molecule is C1CNC(CNCC2CCCS2)C1. The molecular formula is C10H20N2S. The summed E-state index contributed by atoms with van der Waals surface area (Å²) < 4.78 is 0. The van der Waals surface area contributed by atoms with E-state index in [0.717, 1.165) is 11.3 Å². The molecule has 0 amide bonds. The summed E-state index contributed by atoms with van der Waals surface area (Å²) in [4.78, 5) is 0. The van der Waals surface area contributed by atoms with Crippen molar-refractivity contribution in [3.05, 3.63) is 0 Å². The summed E-state index contributed by atoms with van der Waals surface area (Å²) in [5.74, 6) is 1.38. The van der Waals surface area contributed by atoms with E-state index in [1.54, 1.807) is 0 Å². The van der Waals surface area contributed by atoms with Crippen molar-refractivity contribution in [3.63, 3.8) is 0 Å². The summed E-state index contributed by atoms with van der Waals surface area (Å²) in [6, 6.07) is 0.756. The Kier molecular flexibility index (Phi) is 3.94. The second kappa shape index (κ2) is 5.23. The zero-order chi connectivity index (χ0) is 8.93. The molecule has 0 aliphatic carbocycles. The van der Waals surface area contributed by atoms with Crippen LogP contribution in [-0.4, -0.2) is 36.7 Å². The van der Waals surface area contributed by atoms with Gasteiger partial charge in [-0.2, -0.15) is 11.8 Å². The summed E-state index contributed by atoms with van der Waals surface area (Å²) in [7, 11) is 0. The lowest BCUT2D eigenvalue weighted by atomic mass is 10.2. The minimum atomic E-state index is 0.756. The lowest BCUT2D eigenvalue weighted by Gasteiger charge is -2.14. The highest BCUT2D eigenvalue weighted by Crippen LogP contribution is 2.25. The fraction of sp³-hybridized carbons (Fsp3) is 1.00. The van der Waals surface area contributed by atoms with Crippen LogP contribution < -0.4 is 10.6 Å². The Bertz CT molecular complexity index is 124. The van der Waals surface area contributed by atoms with Crippen LogP contribution in [0.5, 0.6) is 0 Å². The van der Waals surface area contributed by atoms with E-state index >= 15 is 0 Å². The molecule has 0 spiro atoms. The third-order valence-electron chi connectivity index (χ3n) is 2.95.